The zero-order chi connectivity index (χ0) is 33.3. The van der Waals surface area contributed by atoms with Gasteiger partial charge in [-0.25, -0.2) is 14.4 Å². The Kier molecular flexibility index (Phi) is 31.8. The van der Waals surface area contributed by atoms with Gasteiger partial charge in [0.05, 0.1) is 12.8 Å². The van der Waals surface area contributed by atoms with Crippen LogP contribution < -0.4 is 0 Å². The maximum absolute atomic E-state index is 10.3. The molecule has 0 rings (SSSR count). The molecule has 0 saturated heterocycles. The summed E-state index contributed by atoms with van der Waals surface area (Å²) in [5, 5.41) is 96.0. The van der Waals surface area contributed by atoms with Gasteiger partial charge < -0.3 is 61.3 Å². The van der Waals surface area contributed by atoms with Crippen LogP contribution in [0, 0.1) is 0 Å². The van der Waals surface area contributed by atoms with Crippen LogP contribution in [-0.2, 0) is 43.2 Å². The van der Waals surface area contributed by atoms with Crippen LogP contribution in [-0.4, -0.2) is 133 Å². The van der Waals surface area contributed by atoms with E-state index in [0.717, 1.165) is 27.7 Å². The van der Waals surface area contributed by atoms with Gasteiger partial charge in [0.2, 0.25) is 0 Å². The van der Waals surface area contributed by atoms with Gasteiger partial charge in [0.15, 0.2) is 17.8 Å². The Morgan fingerprint density at radius 3 is 0.718 bits per heavy atom. The molecule has 0 spiro atoms. The minimum absolute atomic E-state index is 0.833. The average Bonchev–Trinajstić information content (AvgIpc) is 2.63. The Bertz CT molecular complexity index is 731. The van der Waals surface area contributed by atoms with Gasteiger partial charge in [0, 0.05) is 27.7 Å². The number of carboxylic acid groups (broad SMARTS) is 9. The van der Waals surface area contributed by atoms with Crippen molar-refractivity contribution in [3.63, 3.8) is 0 Å². The van der Waals surface area contributed by atoms with Gasteiger partial charge in [-0.3, -0.25) is 28.8 Å². The number of aliphatic hydroxyl groups is 3. The fraction of sp³-hybridized carbons (Fsp3) is 0.500. The summed E-state index contributed by atoms with van der Waals surface area (Å²) >= 11 is 0. The first-order chi connectivity index (χ1) is 17.2. The van der Waals surface area contributed by atoms with Crippen molar-refractivity contribution >= 4 is 53.7 Å². The van der Waals surface area contributed by atoms with Crippen molar-refractivity contribution in [1.82, 2.24) is 0 Å². The molecule has 21 heteroatoms. The third-order valence-corrected chi connectivity index (χ3v) is 2.09. The van der Waals surface area contributed by atoms with Crippen molar-refractivity contribution in [2.75, 3.05) is 0 Å². The highest BCUT2D eigenvalue weighted by Crippen LogP contribution is 2.15. The third kappa shape index (κ3) is 60.0. The van der Waals surface area contributed by atoms with Crippen LogP contribution in [0.4, 0.5) is 0 Å². The van der Waals surface area contributed by atoms with E-state index in [9.17, 15) is 24.0 Å². The molecule has 0 aromatic heterocycles. The fourth-order valence-corrected chi connectivity index (χ4v) is 0.984. The first-order valence-corrected chi connectivity index (χ1v) is 9.16. The normalized spacial score (nSPS) is 10.2. The summed E-state index contributed by atoms with van der Waals surface area (Å²) in [6.45, 7) is 4.33. The standard InChI is InChI=1S/C6H8O7.C4H6O6.4C2H4O2/c7-3(8)1-6(13,5(11)12)2-4(9)10;5-1(3(7)8)2(6)4(9)10;4*1-2(3)4/h13H,1-2H2,(H,7,8)(H,9,10)(H,11,12);1-2,5-6H,(H,7,8)(H,9,10);4*1H3,(H,3,4). The van der Waals surface area contributed by atoms with Crippen molar-refractivity contribution in [2.24, 2.45) is 0 Å². The van der Waals surface area contributed by atoms with E-state index in [1.807, 2.05) is 0 Å². The number of aliphatic carboxylic acids is 9. The maximum atomic E-state index is 10.3. The van der Waals surface area contributed by atoms with Gasteiger partial charge in [-0.15, -0.1) is 0 Å². The molecule has 0 aromatic carbocycles. The van der Waals surface area contributed by atoms with E-state index in [1.165, 1.54) is 0 Å². The van der Waals surface area contributed by atoms with Gasteiger partial charge >= 0.3 is 29.8 Å². The Morgan fingerprint density at radius 2 is 0.641 bits per heavy atom. The van der Waals surface area contributed by atoms with Crippen molar-refractivity contribution in [3.05, 3.63) is 0 Å². The highest BCUT2D eigenvalue weighted by Gasteiger charge is 2.40. The number of hydrogen-bond acceptors (Lipinski definition) is 12. The first-order valence-electron chi connectivity index (χ1n) is 9.16. The van der Waals surface area contributed by atoms with Crippen molar-refractivity contribution in [2.45, 2.75) is 58.3 Å². The van der Waals surface area contributed by atoms with E-state index in [1.54, 1.807) is 0 Å². The molecular formula is C18H30O21. The lowest BCUT2D eigenvalue weighted by Crippen LogP contribution is -2.42. The zero-order valence-electron chi connectivity index (χ0n) is 20.6. The minimum atomic E-state index is -2.74. The predicted molar refractivity (Wildman–Crippen MR) is 118 cm³/mol. The Hall–Kier alpha value is -4.89. The fourth-order valence-electron chi connectivity index (χ4n) is 0.984. The maximum Gasteiger partial charge on any atom is 0.336 e. The van der Waals surface area contributed by atoms with Crippen LogP contribution in [0.2, 0.25) is 0 Å². The lowest BCUT2D eigenvalue weighted by Gasteiger charge is -2.18. The smallest absolute Gasteiger partial charge is 0.336 e. The molecule has 0 amide bonds. The number of carboxylic acids is 9. The second-order valence-corrected chi connectivity index (χ2v) is 6.12. The summed E-state index contributed by atoms with van der Waals surface area (Å²) in [6.07, 6.45) is -6.82. The lowest BCUT2D eigenvalue weighted by atomic mass is 9.96. The van der Waals surface area contributed by atoms with Crippen LogP contribution in [0.5, 0.6) is 0 Å². The van der Waals surface area contributed by atoms with E-state index >= 15 is 0 Å². The zero-order valence-corrected chi connectivity index (χ0v) is 20.6. The first kappa shape index (κ1) is 47.3. The second kappa shape index (κ2) is 26.2. The van der Waals surface area contributed by atoms with Crippen LogP contribution in [0.3, 0.4) is 0 Å². The van der Waals surface area contributed by atoms with Crippen LogP contribution in [0.25, 0.3) is 0 Å². The van der Waals surface area contributed by atoms with Crippen LogP contribution in [0.15, 0.2) is 0 Å². The molecule has 0 aliphatic heterocycles. The minimum Gasteiger partial charge on any atom is -0.481 e. The summed E-state index contributed by atoms with van der Waals surface area (Å²) in [5.41, 5.74) is -2.74. The number of hydrogen-bond donors (Lipinski definition) is 12. The summed E-state index contributed by atoms with van der Waals surface area (Å²) in [5.74, 6) is -11.9. The second-order valence-electron chi connectivity index (χ2n) is 6.12. The largest absolute Gasteiger partial charge is 0.481 e. The van der Waals surface area contributed by atoms with Gasteiger partial charge in [0.25, 0.3) is 23.9 Å². The molecule has 0 fully saturated rings. The molecule has 12 N–H and O–H groups in total. The number of aliphatic hydroxyl groups excluding tert-OH is 2. The van der Waals surface area contributed by atoms with Crippen molar-refractivity contribution < 1.29 is 104 Å². The molecule has 0 saturated carbocycles. The lowest BCUT2D eigenvalue weighted by molar-refractivity contribution is -0.170. The van der Waals surface area contributed by atoms with Gasteiger partial charge in [-0.1, -0.05) is 0 Å². The molecule has 0 aromatic rings. The molecule has 39 heavy (non-hydrogen) atoms. The summed E-state index contributed by atoms with van der Waals surface area (Å²) in [6, 6.07) is 0. The molecule has 0 heterocycles. The molecule has 0 bridgehead atoms. The highest BCUT2D eigenvalue weighted by atomic mass is 16.4. The summed E-state index contributed by atoms with van der Waals surface area (Å²) in [4.78, 5) is 86.0. The molecule has 0 aliphatic rings. The summed E-state index contributed by atoms with van der Waals surface area (Å²) in [7, 11) is 0. The molecular weight excluding hydrogens is 552 g/mol. The highest BCUT2D eigenvalue weighted by molar-refractivity contribution is 5.88. The monoisotopic (exact) mass is 582 g/mol. The Labute approximate surface area is 217 Å². The van der Waals surface area contributed by atoms with E-state index < -0.39 is 84.4 Å². The Balaban J connectivity index is -0.0000000920. The van der Waals surface area contributed by atoms with E-state index in [-0.39, 0.29) is 0 Å². The van der Waals surface area contributed by atoms with E-state index in [4.69, 9.17) is 80.5 Å². The van der Waals surface area contributed by atoms with E-state index in [2.05, 4.69) is 0 Å². The van der Waals surface area contributed by atoms with Crippen molar-refractivity contribution in [1.29, 1.82) is 0 Å². The van der Waals surface area contributed by atoms with Gasteiger partial charge in [-0.2, -0.15) is 0 Å². The molecule has 2 unspecified atom stereocenters. The van der Waals surface area contributed by atoms with Crippen LogP contribution in [0.1, 0.15) is 40.5 Å². The average molecular weight is 582 g/mol. The summed E-state index contributed by atoms with van der Waals surface area (Å²) < 4.78 is 0. The topological polar surface area (TPSA) is 396 Å². The van der Waals surface area contributed by atoms with Gasteiger partial charge in [0.1, 0.15) is 0 Å². The van der Waals surface area contributed by atoms with E-state index in [0.29, 0.717) is 0 Å². The van der Waals surface area contributed by atoms with Gasteiger partial charge in [-0.05, 0) is 0 Å². The number of rotatable bonds is 8. The SMILES string of the molecule is CC(=O)O.CC(=O)O.CC(=O)O.CC(=O)O.O=C(O)C(O)C(O)C(=O)O.O=C(O)CC(O)(CC(=O)O)C(=O)O. The molecule has 0 radical (unpaired) electrons. The van der Waals surface area contributed by atoms with Crippen molar-refractivity contribution in [3.8, 4) is 0 Å². The predicted octanol–water partition coefficient (Wildman–Crippen LogP) is -3.01. The molecule has 21 nitrogen and oxygen atoms in total. The molecule has 0 aliphatic carbocycles. The molecule has 228 valence electrons. The Morgan fingerprint density at radius 1 is 0.487 bits per heavy atom. The molecule has 2 atom stereocenters. The number of carbonyl (C=O) groups is 9. The van der Waals surface area contributed by atoms with Crippen LogP contribution >= 0.6 is 0 Å². The third-order valence-electron chi connectivity index (χ3n) is 2.09. The quantitative estimate of drug-likeness (QED) is 0.135.